The molecule has 0 radical (unpaired) electrons. The van der Waals surface area contributed by atoms with E-state index in [1.165, 1.54) is 0 Å². The van der Waals surface area contributed by atoms with Gasteiger partial charge in [-0.15, -0.1) is 0 Å². The van der Waals surface area contributed by atoms with Crippen LogP contribution in [0.15, 0.2) is 24.3 Å². The molecule has 0 aliphatic rings. The third kappa shape index (κ3) is 6.71. The first-order valence-electron chi connectivity index (χ1n) is 6.59. The molecule has 0 spiro atoms. The Morgan fingerprint density at radius 3 is 2.26 bits per heavy atom. The number of rotatable bonds is 7. The van der Waals surface area contributed by atoms with Gasteiger partial charge in [-0.25, -0.2) is 13.1 Å². The Morgan fingerprint density at radius 1 is 1.05 bits per heavy atom. The Morgan fingerprint density at radius 2 is 1.68 bits per heavy atom. The van der Waals surface area contributed by atoms with E-state index in [9.17, 15) is 8.42 Å². The van der Waals surface area contributed by atoms with E-state index >= 15 is 0 Å². The standard InChI is InChI=1S/C14H24N2O2S/c1-11(2)15-9-13-6-5-7-14(8-13)10-19(17,18)16-12(3)4/h5-8,11-12,15-16H,9-10H2,1-4H3. The van der Waals surface area contributed by atoms with Gasteiger partial charge in [-0.2, -0.15) is 0 Å². The van der Waals surface area contributed by atoms with Crippen LogP contribution >= 0.6 is 0 Å². The van der Waals surface area contributed by atoms with Gasteiger partial charge in [0.15, 0.2) is 0 Å². The lowest BCUT2D eigenvalue weighted by Crippen LogP contribution is -2.31. The van der Waals surface area contributed by atoms with E-state index in [0.29, 0.717) is 6.04 Å². The van der Waals surface area contributed by atoms with Crippen molar-refractivity contribution < 1.29 is 8.42 Å². The highest BCUT2D eigenvalue weighted by Crippen LogP contribution is 2.09. The van der Waals surface area contributed by atoms with Crippen LogP contribution in [0.3, 0.4) is 0 Å². The minimum Gasteiger partial charge on any atom is -0.310 e. The SMILES string of the molecule is CC(C)NCc1cccc(CS(=O)(=O)NC(C)C)c1. The minimum absolute atomic E-state index is 0.0285. The van der Waals surface area contributed by atoms with Crippen LogP contribution in [0.4, 0.5) is 0 Å². The molecule has 0 bridgehead atoms. The van der Waals surface area contributed by atoms with Crippen molar-refractivity contribution in [3.8, 4) is 0 Å². The molecule has 4 nitrogen and oxygen atoms in total. The lowest BCUT2D eigenvalue weighted by Gasteiger charge is -2.11. The van der Waals surface area contributed by atoms with E-state index < -0.39 is 10.0 Å². The fourth-order valence-electron chi connectivity index (χ4n) is 1.77. The van der Waals surface area contributed by atoms with Gasteiger partial charge in [0.2, 0.25) is 10.0 Å². The van der Waals surface area contributed by atoms with Gasteiger partial charge in [0.05, 0.1) is 5.75 Å². The predicted octanol–water partition coefficient (Wildman–Crippen LogP) is 2.01. The zero-order valence-electron chi connectivity index (χ0n) is 12.1. The van der Waals surface area contributed by atoms with Crippen molar-refractivity contribution in [2.24, 2.45) is 0 Å². The van der Waals surface area contributed by atoms with Crippen LogP contribution in [0.2, 0.25) is 0 Å². The van der Waals surface area contributed by atoms with Gasteiger partial charge in [0, 0.05) is 18.6 Å². The monoisotopic (exact) mass is 284 g/mol. The molecular formula is C14H24N2O2S. The largest absolute Gasteiger partial charge is 0.310 e. The molecule has 5 heteroatoms. The summed E-state index contributed by atoms with van der Waals surface area (Å²) in [7, 11) is -3.25. The topological polar surface area (TPSA) is 58.2 Å². The number of hydrogen-bond acceptors (Lipinski definition) is 3. The normalized spacial score (nSPS) is 12.3. The molecule has 108 valence electrons. The average molecular weight is 284 g/mol. The molecule has 0 aromatic heterocycles. The van der Waals surface area contributed by atoms with Crippen molar-refractivity contribution >= 4 is 10.0 Å². The molecule has 0 fully saturated rings. The van der Waals surface area contributed by atoms with Crippen LogP contribution < -0.4 is 10.0 Å². The van der Waals surface area contributed by atoms with Crippen LogP contribution in [0.25, 0.3) is 0 Å². The molecule has 0 saturated carbocycles. The van der Waals surface area contributed by atoms with Gasteiger partial charge < -0.3 is 5.32 Å². The van der Waals surface area contributed by atoms with E-state index in [0.717, 1.165) is 17.7 Å². The first-order valence-corrected chi connectivity index (χ1v) is 8.25. The van der Waals surface area contributed by atoms with Crippen molar-refractivity contribution in [3.63, 3.8) is 0 Å². The third-order valence-corrected chi connectivity index (χ3v) is 4.02. The van der Waals surface area contributed by atoms with E-state index in [-0.39, 0.29) is 11.8 Å². The van der Waals surface area contributed by atoms with Crippen molar-refractivity contribution in [1.29, 1.82) is 0 Å². The summed E-state index contributed by atoms with van der Waals surface area (Å²) in [4.78, 5) is 0. The Labute approximate surface area is 116 Å². The van der Waals surface area contributed by atoms with Crippen LogP contribution in [0.1, 0.15) is 38.8 Å². The fourth-order valence-corrected chi connectivity index (χ4v) is 3.19. The zero-order valence-corrected chi connectivity index (χ0v) is 12.9. The summed E-state index contributed by atoms with van der Waals surface area (Å²) >= 11 is 0. The first kappa shape index (κ1) is 16.1. The fraction of sp³-hybridized carbons (Fsp3) is 0.571. The van der Waals surface area contributed by atoms with Gasteiger partial charge in [0.1, 0.15) is 0 Å². The summed E-state index contributed by atoms with van der Waals surface area (Å²) in [5, 5.41) is 3.32. The molecule has 0 aliphatic carbocycles. The second-order valence-corrected chi connectivity index (χ2v) is 7.14. The number of benzene rings is 1. The Balaban J connectivity index is 2.71. The van der Waals surface area contributed by atoms with E-state index in [2.05, 4.69) is 23.9 Å². The second-order valence-electron chi connectivity index (χ2n) is 5.39. The Bertz CT molecular complexity index is 496. The zero-order chi connectivity index (χ0) is 14.5. The minimum atomic E-state index is -3.25. The Hall–Kier alpha value is -0.910. The maximum Gasteiger partial charge on any atom is 0.216 e. The smallest absolute Gasteiger partial charge is 0.216 e. The summed E-state index contributed by atoms with van der Waals surface area (Å²) < 4.78 is 26.3. The molecule has 0 unspecified atom stereocenters. The molecule has 0 saturated heterocycles. The summed E-state index contributed by atoms with van der Waals surface area (Å²) in [6.07, 6.45) is 0. The molecule has 19 heavy (non-hydrogen) atoms. The van der Waals surface area contributed by atoms with Gasteiger partial charge >= 0.3 is 0 Å². The molecule has 1 aromatic rings. The average Bonchev–Trinajstić information content (AvgIpc) is 2.24. The molecule has 1 rings (SSSR count). The summed E-state index contributed by atoms with van der Waals surface area (Å²) in [6, 6.07) is 8.03. The van der Waals surface area contributed by atoms with Gasteiger partial charge in [-0.1, -0.05) is 38.1 Å². The second kappa shape index (κ2) is 7.03. The highest BCUT2D eigenvalue weighted by Gasteiger charge is 2.13. The quantitative estimate of drug-likeness (QED) is 0.805. The van der Waals surface area contributed by atoms with Crippen LogP contribution in [0.5, 0.6) is 0 Å². The number of hydrogen-bond donors (Lipinski definition) is 2. The van der Waals surface area contributed by atoms with Crippen molar-refractivity contribution in [1.82, 2.24) is 10.0 Å². The van der Waals surface area contributed by atoms with Crippen LogP contribution in [-0.4, -0.2) is 20.5 Å². The van der Waals surface area contributed by atoms with E-state index in [4.69, 9.17) is 0 Å². The first-order chi connectivity index (χ1) is 8.78. The van der Waals surface area contributed by atoms with Crippen molar-refractivity contribution in [2.45, 2.75) is 52.1 Å². The van der Waals surface area contributed by atoms with Crippen LogP contribution in [0, 0.1) is 0 Å². The van der Waals surface area contributed by atoms with Gasteiger partial charge in [-0.3, -0.25) is 0 Å². The highest BCUT2D eigenvalue weighted by atomic mass is 32.2. The molecule has 0 heterocycles. The van der Waals surface area contributed by atoms with Gasteiger partial charge in [0.25, 0.3) is 0 Å². The summed E-state index contributed by atoms with van der Waals surface area (Å²) in [5.74, 6) is 0.0285. The van der Waals surface area contributed by atoms with Gasteiger partial charge in [-0.05, 0) is 25.0 Å². The molecule has 0 amide bonds. The van der Waals surface area contributed by atoms with Crippen molar-refractivity contribution in [2.75, 3.05) is 0 Å². The predicted molar refractivity (Wildman–Crippen MR) is 79.3 cm³/mol. The maximum atomic E-state index is 11.9. The number of nitrogens with one attached hydrogen (secondary N) is 2. The molecule has 1 aromatic carbocycles. The molecule has 0 aliphatic heterocycles. The molecule has 2 N–H and O–H groups in total. The lowest BCUT2D eigenvalue weighted by molar-refractivity contribution is 0.568. The van der Waals surface area contributed by atoms with Crippen LogP contribution in [-0.2, 0) is 22.3 Å². The maximum absolute atomic E-state index is 11.9. The molecule has 0 atom stereocenters. The Kier molecular flexibility index (Phi) is 5.97. The summed E-state index contributed by atoms with van der Waals surface area (Å²) in [6.45, 7) is 8.56. The van der Waals surface area contributed by atoms with E-state index in [1.54, 1.807) is 0 Å². The third-order valence-electron chi connectivity index (χ3n) is 2.48. The number of sulfonamides is 1. The lowest BCUT2D eigenvalue weighted by atomic mass is 10.1. The van der Waals surface area contributed by atoms with Crippen molar-refractivity contribution in [3.05, 3.63) is 35.4 Å². The highest BCUT2D eigenvalue weighted by molar-refractivity contribution is 7.88. The van der Waals surface area contributed by atoms with E-state index in [1.807, 2.05) is 38.1 Å². The molecular weight excluding hydrogens is 260 g/mol. The summed E-state index contributed by atoms with van der Waals surface area (Å²) in [5.41, 5.74) is 1.92.